The fraction of sp³-hybridized carbons (Fsp3) is 0.345. The number of anilines is 1. The first kappa shape index (κ1) is 30.2. The summed E-state index contributed by atoms with van der Waals surface area (Å²) in [5.41, 5.74) is -1.76. The maximum atomic E-state index is 16.2. The highest BCUT2D eigenvalue weighted by Crippen LogP contribution is 2.39. The third kappa shape index (κ3) is 5.84. The van der Waals surface area contributed by atoms with Gasteiger partial charge >= 0.3 is 12.3 Å². The first-order chi connectivity index (χ1) is 20.2. The van der Waals surface area contributed by atoms with Gasteiger partial charge in [-0.1, -0.05) is 35.9 Å². The van der Waals surface area contributed by atoms with Crippen LogP contribution in [0.4, 0.5) is 32.6 Å². The lowest BCUT2D eigenvalue weighted by Gasteiger charge is -2.40. The van der Waals surface area contributed by atoms with Gasteiger partial charge in [0.25, 0.3) is 0 Å². The number of benzene rings is 2. The van der Waals surface area contributed by atoms with E-state index in [9.17, 15) is 22.4 Å². The van der Waals surface area contributed by atoms with Crippen molar-refractivity contribution in [3.63, 3.8) is 0 Å². The molecule has 0 N–H and O–H groups in total. The molecule has 0 unspecified atom stereocenters. The van der Waals surface area contributed by atoms with E-state index in [1.165, 1.54) is 21.9 Å². The zero-order valence-electron chi connectivity index (χ0n) is 23.1. The van der Waals surface area contributed by atoms with Gasteiger partial charge in [-0.3, -0.25) is 9.88 Å². The summed E-state index contributed by atoms with van der Waals surface area (Å²) >= 11 is 6.21. The van der Waals surface area contributed by atoms with E-state index in [0.29, 0.717) is 5.39 Å². The summed E-state index contributed by atoms with van der Waals surface area (Å²) in [5, 5.41) is 0.209. The lowest BCUT2D eigenvalue weighted by molar-refractivity contribution is -0.144. The molecule has 1 aliphatic rings. The van der Waals surface area contributed by atoms with Crippen molar-refractivity contribution >= 4 is 45.2 Å². The molecule has 14 heteroatoms. The van der Waals surface area contributed by atoms with Crippen LogP contribution in [0.5, 0.6) is 0 Å². The SMILES string of the molecule is [C-]#[N+]C[C@H]1CN(c2nc(C(F)(F)F)nc3c(F)c(-c4cccc5ccc(F)c(Cl)c45)ncc23)CCN1C(=O)OC(C)(C)C. The highest BCUT2D eigenvalue weighted by Gasteiger charge is 2.40. The zero-order valence-corrected chi connectivity index (χ0v) is 23.9. The highest BCUT2D eigenvalue weighted by atomic mass is 35.5. The lowest BCUT2D eigenvalue weighted by Crippen LogP contribution is -2.57. The van der Waals surface area contributed by atoms with E-state index in [0.717, 1.165) is 12.3 Å². The Bertz CT molecular complexity index is 1790. The molecule has 0 radical (unpaired) electrons. The maximum Gasteiger partial charge on any atom is 0.451 e. The number of fused-ring (bicyclic) bond motifs is 2. The molecule has 43 heavy (non-hydrogen) atoms. The molecule has 1 atom stereocenters. The van der Waals surface area contributed by atoms with Crippen molar-refractivity contribution in [2.75, 3.05) is 31.1 Å². The lowest BCUT2D eigenvalue weighted by atomic mass is 10.0. The predicted octanol–water partition coefficient (Wildman–Crippen LogP) is 7.14. The summed E-state index contributed by atoms with van der Waals surface area (Å²) in [6.45, 7) is 12.2. The van der Waals surface area contributed by atoms with Crippen LogP contribution in [0, 0.1) is 18.2 Å². The molecule has 2 aromatic carbocycles. The Morgan fingerprint density at radius 1 is 1.14 bits per heavy atom. The molecule has 8 nitrogen and oxygen atoms in total. The second kappa shape index (κ2) is 11.1. The van der Waals surface area contributed by atoms with Gasteiger partial charge < -0.3 is 14.5 Å². The largest absolute Gasteiger partial charge is 0.451 e. The van der Waals surface area contributed by atoms with Crippen LogP contribution in [0.25, 0.3) is 37.8 Å². The van der Waals surface area contributed by atoms with Crippen molar-refractivity contribution in [1.82, 2.24) is 19.9 Å². The van der Waals surface area contributed by atoms with Gasteiger partial charge in [0.05, 0.1) is 10.4 Å². The van der Waals surface area contributed by atoms with Gasteiger partial charge in [0.2, 0.25) is 12.4 Å². The summed E-state index contributed by atoms with van der Waals surface area (Å²) < 4.78 is 77.9. The number of carbonyl (C=O) groups is 1. The second-order valence-electron chi connectivity index (χ2n) is 10.9. The number of hydrogen-bond acceptors (Lipinski definition) is 6. The monoisotopic (exact) mass is 618 g/mol. The first-order valence-electron chi connectivity index (χ1n) is 13.1. The van der Waals surface area contributed by atoms with Crippen LogP contribution >= 0.6 is 11.6 Å². The van der Waals surface area contributed by atoms with Crippen molar-refractivity contribution in [2.24, 2.45) is 0 Å². The van der Waals surface area contributed by atoms with Crippen molar-refractivity contribution in [3.05, 3.63) is 70.4 Å². The molecule has 0 aliphatic carbocycles. The molecule has 224 valence electrons. The predicted molar refractivity (Wildman–Crippen MR) is 151 cm³/mol. The van der Waals surface area contributed by atoms with Crippen LogP contribution in [-0.2, 0) is 10.9 Å². The topological polar surface area (TPSA) is 75.8 Å². The number of hydrogen-bond donors (Lipinski definition) is 0. The van der Waals surface area contributed by atoms with Gasteiger partial charge in [-0.05, 0) is 32.2 Å². The van der Waals surface area contributed by atoms with E-state index in [2.05, 4.69) is 19.8 Å². The average molecular weight is 619 g/mol. The summed E-state index contributed by atoms with van der Waals surface area (Å²) in [7, 11) is 0. The molecule has 0 saturated carbocycles. The van der Waals surface area contributed by atoms with Gasteiger partial charge in [-0.25, -0.2) is 30.1 Å². The Morgan fingerprint density at radius 2 is 1.88 bits per heavy atom. The van der Waals surface area contributed by atoms with Crippen LogP contribution in [0.15, 0.2) is 36.5 Å². The first-order valence-corrected chi connectivity index (χ1v) is 13.5. The fourth-order valence-corrected chi connectivity index (χ4v) is 5.25. The van der Waals surface area contributed by atoms with Gasteiger partial charge in [0.1, 0.15) is 34.5 Å². The zero-order chi connectivity index (χ0) is 31.3. The van der Waals surface area contributed by atoms with E-state index in [4.69, 9.17) is 22.9 Å². The third-order valence-electron chi connectivity index (χ3n) is 6.82. The molecule has 5 rings (SSSR count). The Hall–Kier alpha value is -4.31. The second-order valence-corrected chi connectivity index (χ2v) is 11.3. The van der Waals surface area contributed by atoms with Crippen LogP contribution in [0.3, 0.4) is 0 Å². The van der Waals surface area contributed by atoms with Gasteiger partial charge in [0.15, 0.2) is 5.82 Å². The normalized spacial score (nSPS) is 16.0. The Kier molecular flexibility index (Phi) is 7.77. The van der Waals surface area contributed by atoms with E-state index >= 15 is 4.39 Å². The summed E-state index contributed by atoms with van der Waals surface area (Å²) in [6, 6.07) is 6.47. The number of rotatable bonds is 3. The van der Waals surface area contributed by atoms with E-state index in [1.807, 2.05) is 0 Å². The average Bonchev–Trinajstić information content (AvgIpc) is 2.93. The van der Waals surface area contributed by atoms with Crippen LogP contribution in [-0.4, -0.2) is 63.8 Å². The number of nitrogens with zero attached hydrogens (tertiary/aromatic N) is 6. The molecule has 1 fully saturated rings. The number of aromatic nitrogens is 3. The van der Waals surface area contributed by atoms with E-state index in [-0.39, 0.29) is 59.0 Å². The molecule has 1 aliphatic heterocycles. The van der Waals surface area contributed by atoms with Gasteiger partial charge in [-0.15, -0.1) is 0 Å². The minimum absolute atomic E-state index is 0.00993. The van der Waals surface area contributed by atoms with Gasteiger partial charge in [-0.2, -0.15) is 13.2 Å². The Balaban J connectivity index is 1.64. The standard InChI is InChI=1S/C29H24ClF5N6O2/c1-28(2,3)43-27(42)41-11-10-40(14-16(41)12-36-4)25-18-13-37-23(22(32)24(18)38-26(39-25)29(33,34)35)17-7-5-6-15-8-9-19(31)21(30)20(15)17/h5-9,13,16H,10-12,14H2,1-3H3/t16-/m0/s1. The molecule has 1 amide bonds. The van der Waals surface area contributed by atoms with Crippen molar-refractivity contribution < 1.29 is 31.5 Å². The Morgan fingerprint density at radius 3 is 2.56 bits per heavy atom. The van der Waals surface area contributed by atoms with E-state index < -0.39 is 46.9 Å². The molecule has 2 aromatic heterocycles. The number of carbonyl (C=O) groups excluding carboxylic acids is 1. The summed E-state index contributed by atoms with van der Waals surface area (Å²) in [4.78, 5) is 30.5. The van der Waals surface area contributed by atoms with Crippen LogP contribution < -0.4 is 4.90 Å². The number of pyridine rings is 1. The molecule has 1 saturated heterocycles. The minimum Gasteiger partial charge on any atom is -0.444 e. The van der Waals surface area contributed by atoms with Gasteiger partial charge in [0, 0.05) is 36.8 Å². The van der Waals surface area contributed by atoms with E-state index in [1.54, 1.807) is 32.9 Å². The number of alkyl halides is 3. The van der Waals surface area contributed by atoms with Crippen molar-refractivity contribution in [1.29, 1.82) is 0 Å². The molecule has 0 spiro atoms. The molecular formula is C29H24ClF5N6O2. The molecule has 3 heterocycles. The van der Waals surface area contributed by atoms with Crippen LogP contribution in [0.1, 0.15) is 26.6 Å². The number of amides is 1. The quantitative estimate of drug-likeness (QED) is 0.179. The Labute approximate surface area is 247 Å². The fourth-order valence-electron chi connectivity index (χ4n) is 4.97. The smallest absolute Gasteiger partial charge is 0.444 e. The van der Waals surface area contributed by atoms with Crippen LogP contribution in [0.2, 0.25) is 5.02 Å². The highest BCUT2D eigenvalue weighted by molar-refractivity contribution is 6.36. The molecular weight excluding hydrogens is 595 g/mol. The molecule has 0 bridgehead atoms. The number of ether oxygens (including phenoxy) is 1. The molecule has 4 aromatic rings. The summed E-state index contributed by atoms with van der Waals surface area (Å²) in [6.07, 6.45) is -4.54. The number of halogens is 6. The number of piperazine rings is 1. The maximum absolute atomic E-state index is 16.2. The van der Waals surface area contributed by atoms with Crippen molar-refractivity contribution in [2.45, 2.75) is 38.6 Å². The minimum atomic E-state index is -5.03. The van der Waals surface area contributed by atoms with Crippen molar-refractivity contribution in [3.8, 4) is 11.3 Å². The third-order valence-corrected chi connectivity index (χ3v) is 7.19. The summed E-state index contributed by atoms with van der Waals surface area (Å²) in [5.74, 6) is -3.77.